The highest BCUT2D eigenvalue weighted by molar-refractivity contribution is 5.90. The first-order valence-corrected chi connectivity index (χ1v) is 6.65. The van der Waals surface area contributed by atoms with Gasteiger partial charge in [0.25, 0.3) is 5.91 Å². The van der Waals surface area contributed by atoms with Crippen LogP contribution in [0.25, 0.3) is 5.69 Å². The number of hydrogen-bond donors (Lipinski definition) is 2. The van der Waals surface area contributed by atoms with E-state index in [-0.39, 0.29) is 24.4 Å². The van der Waals surface area contributed by atoms with Gasteiger partial charge in [0, 0.05) is 12.6 Å². The number of aliphatic hydroxyl groups is 1. The lowest BCUT2D eigenvalue weighted by atomic mass is 9.81. The summed E-state index contributed by atoms with van der Waals surface area (Å²) in [6.07, 6.45) is 3.17. The lowest BCUT2D eigenvalue weighted by molar-refractivity contribution is 0.0822. The van der Waals surface area contributed by atoms with Gasteiger partial charge >= 0.3 is 0 Å². The van der Waals surface area contributed by atoms with E-state index >= 15 is 0 Å². The molecule has 2 aromatic rings. The molecule has 2 N–H and O–H groups in total. The van der Waals surface area contributed by atoms with Gasteiger partial charge in [-0.3, -0.25) is 4.79 Å². The molecular formula is C14H16N4O2. The minimum atomic E-state index is -0.263. The zero-order valence-electron chi connectivity index (χ0n) is 10.9. The molecule has 0 spiro atoms. The van der Waals surface area contributed by atoms with Crippen LogP contribution in [0.5, 0.6) is 0 Å². The minimum absolute atomic E-state index is 0.128. The van der Waals surface area contributed by atoms with E-state index in [0.717, 1.165) is 18.5 Å². The third-order valence-corrected chi connectivity index (χ3v) is 3.54. The normalized spacial score (nSPS) is 21.2. The van der Waals surface area contributed by atoms with Gasteiger partial charge in [-0.1, -0.05) is 18.2 Å². The molecule has 3 rings (SSSR count). The number of aromatic nitrogens is 3. The molecule has 0 radical (unpaired) electrons. The average Bonchev–Trinajstić information content (AvgIpc) is 2.93. The predicted molar refractivity (Wildman–Crippen MR) is 72.4 cm³/mol. The Morgan fingerprint density at radius 3 is 2.80 bits per heavy atom. The Labute approximate surface area is 116 Å². The van der Waals surface area contributed by atoms with Crippen LogP contribution in [0.15, 0.2) is 36.7 Å². The van der Waals surface area contributed by atoms with Gasteiger partial charge in [-0.25, -0.2) is 9.67 Å². The number of para-hydroxylation sites is 1. The molecule has 0 unspecified atom stereocenters. The van der Waals surface area contributed by atoms with E-state index in [1.165, 1.54) is 6.33 Å². The molecule has 0 aliphatic heterocycles. The molecule has 1 aromatic heterocycles. The van der Waals surface area contributed by atoms with Crippen LogP contribution in [0.4, 0.5) is 0 Å². The topological polar surface area (TPSA) is 80.0 Å². The second kappa shape index (κ2) is 5.42. The highest BCUT2D eigenvalue weighted by Crippen LogP contribution is 2.26. The third-order valence-electron chi connectivity index (χ3n) is 3.54. The van der Waals surface area contributed by atoms with E-state index in [1.54, 1.807) is 4.68 Å². The predicted octanol–water partition coefficient (Wildman–Crippen LogP) is 0.768. The van der Waals surface area contributed by atoms with Crippen molar-refractivity contribution in [1.29, 1.82) is 0 Å². The van der Waals surface area contributed by atoms with E-state index in [2.05, 4.69) is 15.4 Å². The van der Waals surface area contributed by atoms with Gasteiger partial charge in [-0.15, -0.1) is 5.10 Å². The van der Waals surface area contributed by atoms with Crippen molar-refractivity contribution in [2.24, 2.45) is 5.92 Å². The van der Waals surface area contributed by atoms with Crippen molar-refractivity contribution < 1.29 is 9.90 Å². The lowest BCUT2D eigenvalue weighted by Crippen LogP contribution is -2.45. The second-order valence-electron chi connectivity index (χ2n) is 5.04. The molecule has 1 saturated carbocycles. The fourth-order valence-electron chi connectivity index (χ4n) is 2.32. The summed E-state index contributed by atoms with van der Waals surface area (Å²) in [5, 5.41) is 16.0. The molecule has 1 amide bonds. The first-order chi connectivity index (χ1) is 9.76. The number of aliphatic hydroxyl groups excluding tert-OH is 1. The van der Waals surface area contributed by atoms with Gasteiger partial charge in [0.1, 0.15) is 6.33 Å². The molecule has 0 saturated heterocycles. The second-order valence-corrected chi connectivity index (χ2v) is 5.04. The Kier molecular flexibility index (Phi) is 3.47. The summed E-state index contributed by atoms with van der Waals surface area (Å²) in [6, 6.07) is 9.65. The Balaban J connectivity index is 1.64. The molecule has 0 atom stereocenters. The molecular weight excluding hydrogens is 256 g/mol. The van der Waals surface area contributed by atoms with Crippen LogP contribution < -0.4 is 5.32 Å². The summed E-state index contributed by atoms with van der Waals surface area (Å²) in [6.45, 7) is 0.188. The maximum absolute atomic E-state index is 12.0. The van der Waals surface area contributed by atoms with Crippen molar-refractivity contribution in [3.8, 4) is 5.69 Å². The number of carbonyl (C=O) groups excluding carboxylic acids is 1. The SMILES string of the molecule is O=C(NC1CC(CO)C1)c1ncn(-c2ccccc2)n1. The van der Waals surface area contributed by atoms with Crippen LogP contribution in [0.1, 0.15) is 23.5 Å². The summed E-state index contributed by atoms with van der Waals surface area (Å²) in [4.78, 5) is 16.0. The monoisotopic (exact) mass is 272 g/mol. The zero-order valence-corrected chi connectivity index (χ0v) is 10.9. The van der Waals surface area contributed by atoms with Gasteiger partial charge in [-0.05, 0) is 30.9 Å². The van der Waals surface area contributed by atoms with Gasteiger partial charge in [0.15, 0.2) is 0 Å². The average molecular weight is 272 g/mol. The van der Waals surface area contributed by atoms with Crippen LogP contribution in [0, 0.1) is 5.92 Å². The fourth-order valence-corrected chi connectivity index (χ4v) is 2.32. The summed E-state index contributed by atoms with van der Waals surface area (Å²) in [5.41, 5.74) is 0.864. The van der Waals surface area contributed by atoms with Crippen LogP contribution in [-0.4, -0.2) is 38.4 Å². The summed E-state index contributed by atoms with van der Waals surface area (Å²) in [7, 11) is 0. The molecule has 1 heterocycles. The lowest BCUT2D eigenvalue weighted by Gasteiger charge is -2.34. The number of nitrogens with zero attached hydrogens (tertiary/aromatic N) is 3. The summed E-state index contributed by atoms with van der Waals surface area (Å²) < 4.78 is 1.58. The highest BCUT2D eigenvalue weighted by Gasteiger charge is 2.30. The van der Waals surface area contributed by atoms with Gasteiger partial charge in [-0.2, -0.15) is 0 Å². The highest BCUT2D eigenvalue weighted by atomic mass is 16.3. The Morgan fingerprint density at radius 1 is 1.35 bits per heavy atom. The smallest absolute Gasteiger partial charge is 0.291 e. The molecule has 1 aliphatic carbocycles. The Bertz CT molecular complexity index is 590. The number of rotatable bonds is 4. The molecule has 1 fully saturated rings. The first kappa shape index (κ1) is 12.8. The van der Waals surface area contributed by atoms with Gasteiger partial charge < -0.3 is 10.4 Å². The molecule has 104 valence electrons. The van der Waals surface area contributed by atoms with Gasteiger partial charge in [0.2, 0.25) is 5.82 Å². The van der Waals surface area contributed by atoms with Gasteiger partial charge in [0.05, 0.1) is 5.69 Å². The van der Waals surface area contributed by atoms with E-state index < -0.39 is 0 Å². The minimum Gasteiger partial charge on any atom is -0.396 e. The van der Waals surface area contributed by atoms with Crippen LogP contribution >= 0.6 is 0 Å². The fraction of sp³-hybridized carbons (Fsp3) is 0.357. The zero-order chi connectivity index (χ0) is 13.9. The molecule has 6 heteroatoms. The van der Waals surface area contributed by atoms with Crippen LogP contribution in [-0.2, 0) is 0 Å². The van der Waals surface area contributed by atoms with Crippen molar-refractivity contribution in [2.75, 3.05) is 6.61 Å². The third kappa shape index (κ3) is 2.55. The van der Waals surface area contributed by atoms with Crippen LogP contribution in [0.3, 0.4) is 0 Å². The van der Waals surface area contributed by atoms with E-state index in [0.29, 0.717) is 5.92 Å². The van der Waals surface area contributed by atoms with Crippen LogP contribution in [0.2, 0.25) is 0 Å². The maximum Gasteiger partial charge on any atom is 0.291 e. The number of carbonyl (C=O) groups is 1. The standard InChI is InChI=1S/C14H16N4O2/c19-8-10-6-11(7-10)16-14(20)13-15-9-18(17-13)12-4-2-1-3-5-12/h1-5,9-11,19H,6-8H2,(H,16,20). The van der Waals surface area contributed by atoms with E-state index in [9.17, 15) is 4.79 Å². The van der Waals surface area contributed by atoms with Crippen molar-refractivity contribution in [2.45, 2.75) is 18.9 Å². The largest absolute Gasteiger partial charge is 0.396 e. The Hall–Kier alpha value is -2.21. The molecule has 0 bridgehead atoms. The number of hydrogen-bond acceptors (Lipinski definition) is 4. The number of benzene rings is 1. The maximum atomic E-state index is 12.0. The number of amides is 1. The van der Waals surface area contributed by atoms with Crippen molar-refractivity contribution in [3.63, 3.8) is 0 Å². The summed E-state index contributed by atoms with van der Waals surface area (Å²) in [5.74, 6) is 0.220. The van der Waals surface area contributed by atoms with E-state index in [4.69, 9.17) is 5.11 Å². The molecule has 1 aliphatic rings. The molecule has 20 heavy (non-hydrogen) atoms. The van der Waals surface area contributed by atoms with Crippen molar-refractivity contribution in [1.82, 2.24) is 20.1 Å². The van der Waals surface area contributed by atoms with Crippen molar-refractivity contribution >= 4 is 5.91 Å². The molecule has 1 aromatic carbocycles. The number of nitrogens with one attached hydrogen (secondary N) is 1. The summed E-state index contributed by atoms with van der Waals surface area (Å²) >= 11 is 0. The van der Waals surface area contributed by atoms with Crippen molar-refractivity contribution in [3.05, 3.63) is 42.5 Å². The quantitative estimate of drug-likeness (QED) is 0.861. The first-order valence-electron chi connectivity index (χ1n) is 6.65. The van der Waals surface area contributed by atoms with E-state index in [1.807, 2.05) is 30.3 Å². The molecule has 6 nitrogen and oxygen atoms in total. The Morgan fingerprint density at radius 2 is 2.10 bits per heavy atom.